The molecule has 12 heavy (non-hydrogen) atoms. The van der Waals surface area contributed by atoms with Gasteiger partial charge in [0.05, 0.1) is 4.47 Å². The van der Waals surface area contributed by atoms with Crippen LogP contribution in [-0.2, 0) is 6.42 Å². The Balaban J connectivity index is 3.04. The SMILES string of the molecule is NCCc1cc(F)c(O)c(Br)c1. The van der Waals surface area contributed by atoms with Crippen molar-refractivity contribution in [3.8, 4) is 5.75 Å². The summed E-state index contributed by atoms with van der Waals surface area (Å²) in [4.78, 5) is 0. The van der Waals surface area contributed by atoms with Gasteiger partial charge in [-0.2, -0.15) is 0 Å². The van der Waals surface area contributed by atoms with E-state index in [0.29, 0.717) is 17.4 Å². The van der Waals surface area contributed by atoms with Gasteiger partial charge >= 0.3 is 0 Å². The van der Waals surface area contributed by atoms with Crippen molar-refractivity contribution in [2.24, 2.45) is 5.73 Å². The Kier molecular flexibility index (Phi) is 3.05. The van der Waals surface area contributed by atoms with Crippen LogP contribution in [0.15, 0.2) is 16.6 Å². The quantitative estimate of drug-likeness (QED) is 0.819. The van der Waals surface area contributed by atoms with Gasteiger partial charge in [0.15, 0.2) is 11.6 Å². The van der Waals surface area contributed by atoms with E-state index in [1.165, 1.54) is 6.07 Å². The zero-order chi connectivity index (χ0) is 9.14. The third kappa shape index (κ3) is 1.95. The van der Waals surface area contributed by atoms with Crippen LogP contribution in [0.5, 0.6) is 5.75 Å². The van der Waals surface area contributed by atoms with Gasteiger partial charge in [-0.1, -0.05) is 0 Å². The number of phenolic OH excluding ortho intramolecular Hbond substituents is 1. The molecule has 2 nitrogen and oxygen atoms in total. The molecular weight excluding hydrogens is 225 g/mol. The highest BCUT2D eigenvalue weighted by Gasteiger charge is 2.06. The van der Waals surface area contributed by atoms with Gasteiger partial charge in [0.2, 0.25) is 0 Å². The van der Waals surface area contributed by atoms with Crippen LogP contribution in [0.2, 0.25) is 0 Å². The summed E-state index contributed by atoms with van der Waals surface area (Å²) in [7, 11) is 0. The summed E-state index contributed by atoms with van der Waals surface area (Å²) < 4.78 is 13.2. The number of nitrogens with two attached hydrogens (primary N) is 1. The molecule has 66 valence electrons. The van der Waals surface area contributed by atoms with Gasteiger partial charge in [-0.15, -0.1) is 0 Å². The monoisotopic (exact) mass is 233 g/mol. The number of halogens is 2. The van der Waals surface area contributed by atoms with Gasteiger partial charge in [0.1, 0.15) is 0 Å². The Morgan fingerprint density at radius 3 is 2.67 bits per heavy atom. The number of phenols is 1. The summed E-state index contributed by atoms with van der Waals surface area (Å²) in [6, 6.07) is 2.94. The molecule has 1 rings (SSSR count). The molecule has 1 aromatic carbocycles. The average Bonchev–Trinajstić information content (AvgIpc) is 2.01. The molecule has 0 fully saturated rings. The van der Waals surface area contributed by atoms with Gasteiger partial charge in [0.25, 0.3) is 0 Å². The maximum Gasteiger partial charge on any atom is 0.166 e. The third-order valence-electron chi connectivity index (χ3n) is 1.51. The summed E-state index contributed by atoms with van der Waals surface area (Å²) in [6.07, 6.45) is 0.607. The highest BCUT2D eigenvalue weighted by molar-refractivity contribution is 9.10. The van der Waals surface area contributed by atoms with Crippen LogP contribution in [0.1, 0.15) is 5.56 Å². The van der Waals surface area contributed by atoms with E-state index in [9.17, 15) is 4.39 Å². The first-order chi connectivity index (χ1) is 5.65. The predicted octanol–water partition coefficient (Wildman–Crippen LogP) is 1.79. The number of benzene rings is 1. The largest absolute Gasteiger partial charge is 0.504 e. The van der Waals surface area contributed by atoms with Crippen molar-refractivity contribution in [2.75, 3.05) is 6.54 Å². The van der Waals surface area contributed by atoms with E-state index < -0.39 is 5.82 Å². The molecule has 0 saturated heterocycles. The first-order valence-corrected chi connectivity index (χ1v) is 4.31. The molecule has 0 aliphatic carbocycles. The molecule has 0 heterocycles. The summed E-state index contributed by atoms with van der Waals surface area (Å²) >= 11 is 3.04. The molecule has 4 heteroatoms. The van der Waals surface area contributed by atoms with Crippen molar-refractivity contribution in [3.63, 3.8) is 0 Å². The molecule has 3 N–H and O–H groups in total. The lowest BCUT2D eigenvalue weighted by atomic mass is 10.1. The fourth-order valence-electron chi connectivity index (χ4n) is 0.929. The van der Waals surface area contributed by atoms with Crippen LogP contribution in [0, 0.1) is 5.82 Å². The Labute approximate surface area is 78.3 Å². The molecule has 0 spiro atoms. The number of hydrogen-bond acceptors (Lipinski definition) is 2. The molecular formula is C8H9BrFNO. The molecule has 0 aliphatic heterocycles. The Bertz CT molecular complexity index is 267. The van der Waals surface area contributed by atoms with Crippen molar-refractivity contribution in [2.45, 2.75) is 6.42 Å². The fraction of sp³-hybridized carbons (Fsp3) is 0.250. The van der Waals surface area contributed by atoms with Gasteiger partial charge < -0.3 is 10.8 Å². The third-order valence-corrected chi connectivity index (χ3v) is 2.11. The second-order valence-electron chi connectivity index (χ2n) is 2.45. The summed E-state index contributed by atoms with van der Waals surface area (Å²) in [6.45, 7) is 0.469. The lowest BCUT2D eigenvalue weighted by Crippen LogP contribution is -2.02. The van der Waals surface area contributed by atoms with Crippen molar-refractivity contribution in [1.29, 1.82) is 0 Å². The van der Waals surface area contributed by atoms with Gasteiger partial charge in [-0.05, 0) is 46.6 Å². The smallest absolute Gasteiger partial charge is 0.166 e. The van der Waals surface area contributed by atoms with E-state index in [4.69, 9.17) is 10.8 Å². The molecule has 1 aromatic rings. The zero-order valence-corrected chi connectivity index (χ0v) is 7.94. The molecule has 0 saturated carbocycles. The van der Waals surface area contributed by atoms with Gasteiger partial charge in [-0.3, -0.25) is 0 Å². The van der Waals surface area contributed by atoms with Crippen LogP contribution in [0.4, 0.5) is 4.39 Å². The second-order valence-corrected chi connectivity index (χ2v) is 3.30. The first kappa shape index (κ1) is 9.48. The fourth-order valence-corrected chi connectivity index (χ4v) is 1.41. The van der Waals surface area contributed by atoms with E-state index in [-0.39, 0.29) is 5.75 Å². The van der Waals surface area contributed by atoms with Crippen molar-refractivity contribution >= 4 is 15.9 Å². The molecule has 0 atom stereocenters. The van der Waals surface area contributed by atoms with Crippen LogP contribution in [0.25, 0.3) is 0 Å². The maximum atomic E-state index is 12.8. The summed E-state index contributed by atoms with van der Waals surface area (Å²) in [5, 5.41) is 9.05. The Morgan fingerprint density at radius 1 is 1.50 bits per heavy atom. The van der Waals surface area contributed by atoms with Crippen molar-refractivity contribution < 1.29 is 9.50 Å². The maximum absolute atomic E-state index is 12.8. The highest BCUT2D eigenvalue weighted by atomic mass is 79.9. The van der Waals surface area contributed by atoms with E-state index in [1.54, 1.807) is 6.07 Å². The molecule has 0 aliphatic rings. The lowest BCUT2D eigenvalue weighted by molar-refractivity contribution is 0.428. The van der Waals surface area contributed by atoms with Crippen LogP contribution >= 0.6 is 15.9 Å². The topological polar surface area (TPSA) is 46.2 Å². The lowest BCUT2D eigenvalue weighted by Gasteiger charge is -2.02. The number of hydrogen-bond donors (Lipinski definition) is 2. The number of aromatic hydroxyl groups is 1. The Morgan fingerprint density at radius 2 is 2.17 bits per heavy atom. The van der Waals surface area contributed by atoms with Gasteiger partial charge in [0, 0.05) is 0 Å². The standard InChI is InChI=1S/C8H9BrFNO/c9-6-3-5(1-2-11)4-7(10)8(6)12/h3-4,12H,1-2,11H2. The molecule has 0 amide bonds. The van der Waals surface area contributed by atoms with E-state index in [0.717, 1.165) is 5.56 Å². The van der Waals surface area contributed by atoms with E-state index >= 15 is 0 Å². The van der Waals surface area contributed by atoms with Crippen molar-refractivity contribution in [3.05, 3.63) is 28.0 Å². The normalized spacial score (nSPS) is 10.2. The predicted molar refractivity (Wildman–Crippen MR) is 48.5 cm³/mol. The minimum absolute atomic E-state index is 0.351. The highest BCUT2D eigenvalue weighted by Crippen LogP contribution is 2.28. The van der Waals surface area contributed by atoms with Crippen LogP contribution < -0.4 is 5.73 Å². The first-order valence-electron chi connectivity index (χ1n) is 3.52. The average molecular weight is 234 g/mol. The number of rotatable bonds is 2. The van der Waals surface area contributed by atoms with E-state index in [1.807, 2.05) is 0 Å². The van der Waals surface area contributed by atoms with Crippen molar-refractivity contribution in [1.82, 2.24) is 0 Å². The summed E-state index contributed by atoms with van der Waals surface area (Å²) in [5.41, 5.74) is 6.08. The van der Waals surface area contributed by atoms with Crippen LogP contribution in [0.3, 0.4) is 0 Å². The minimum atomic E-state index is -0.618. The van der Waals surface area contributed by atoms with Gasteiger partial charge in [-0.25, -0.2) is 4.39 Å². The Hall–Kier alpha value is -0.610. The zero-order valence-electron chi connectivity index (χ0n) is 6.35. The molecule has 0 aromatic heterocycles. The molecule has 0 radical (unpaired) electrons. The molecule has 0 unspecified atom stereocenters. The summed E-state index contributed by atoms with van der Waals surface area (Å²) in [5.74, 6) is -0.969. The second kappa shape index (κ2) is 3.87. The molecule has 0 bridgehead atoms. The van der Waals surface area contributed by atoms with Crippen LogP contribution in [-0.4, -0.2) is 11.7 Å². The van der Waals surface area contributed by atoms with E-state index in [2.05, 4.69) is 15.9 Å². The minimum Gasteiger partial charge on any atom is -0.504 e.